The third kappa shape index (κ3) is 2.44. The third-order valence-electron chi connectivity index (χ3n) is 4.19. The molecular formula is C13H22N6OS. The van der Waals surface area contributed by atoms with Gasteiger partial charge in [-0.3, -0.25) is 4.79 Å². The van der Waals surface area contributed by atoms with Crippen molar-refractivity contribution in [1.29, 1.82) is 0 Å². The number of tetrazole rings is 1. The van der Waals surface area contributed by atoms with Crippen molar-refractivity contribution in [3.05, 3.63) is 5.82 Å². The molecule has 7 nitrogen and oxygen atoms in total. The molecule has 0 aromatic carbocycles. The van der Waals surface area contributed by atoms with Crippen LogP contribution in [-0.2, 0) is 4.79 Å². The molecule has 0 saturated carbocycles. The maximum Gasteiger partial charge on any atom is 0.244 e. The predicted octanol–water partition coefficient (Wildman–Crippen LogP) is 1.08. The molecule has 2 unspecified atom stereocenters. The highest BCUT2D eigenvalue weighted by molar-refractivity contribution is 8.01. The van der Waals surface area contributed by atoms with E-state index in [2.05, 4.69) is 46.7 Å². The number of thioether (sulfide) groups is 1. The van der Waals surface area contributed by atoms with Gasteiger partial charge in [-0.1, -0.05) is 25.0 Å². The number of aromatic amines is 1. The summed E-state index contributed by atoms with van der Waals surface area (Å²) in [6.07, 6.45) is 3.51. The quantitative estimate of drug-likeness (QED) is 0.604. The molecule has 0 spiro atoms. The molecule has 2 N–H and O–H groups in total. The Kier molecular flexibility index (Phi) is 3.92. The van der Waals surface area contributed by atoms with E-state index < -0.39 is 0 Å². The number of H-pyrrole nitrogens is 1. The zero-order valence-corrected chi connectivity index (χ0v) is 13.5. The minimum absolute atomic E-state index is 0.0666. The number of nitrogens with one attached hydrogen (secondary N) is 2. The highest BCUT2D eigenvalue weighted by Gasteiger charge is 2.62. The first-order valence-corrected chi connectivity index (χ1v) is 8.41. The van der Waals surface area contributed by atoms with Crippen LogP contribution in [0, 0.1) is 0 Å². The van der Waals surface area contributed by atoms with Crippen LogP contribution < -0.4 is 5.32 Å². The van der Waals surface area contributed by atoms with Crippen LogP contribution in [0.3, 0.4) is 0 Å². The van der Waals surface area contributed by atoms with Crippen LogP contribution in [0.2, 0.25) is 0 Å². The normalized spacial score (nSPS) is 30.3. The molecule has 2 fully saturated rings. The summed E-state index contributed by atoms with van der Waals surface area (Å²) in [6.45, 7) is 7.36. The molecule has 8 heteroatoms. The second-order valence-electron chi connectivity index (χ2n) is 6.17. The average molecular weight is 310 g/mol. The zero-order valence-electron chi connectivity index (χ0n) is 12.7. The maximum absolute atomic E-state index is 12.5. The Bertz CT molecular complexity index is 505. The van der Waals surface area contributed by atoms with Crippen molar-refractivity contribution in [2.75, 3.05) is 6.54 Å². The second-order valence-corrected chi connectivity index (χ2v) is 7.94. The molecule has 0 aliphatic carbocycles. The molecule has 2 aliphatic rings. The van der Waals surface area contributed by atoms with Gasteiger partial charge in [-0.25, -0.2) is 0 Å². The minimum Gasteiger partial charge on any atom is -0.315 e. The molecule has 3 heterocycles. The van der Waals surface area contributed by atoms with Crippen molar-refractivity contribution in [3.8, 4) is 0 Å². The van der Waals surface area contributed by atoms with Gasteiger partial charge in [0.05, 0.1) is 0 Å². The Morgan fingerprint density at radius 3 is 2.90 bits per heavy atom. The van der Waals surface area contributed by atoms with Gasteiger partial charge in [-0.15, -0.1) is 22.0 Å². The van der Waals surface area contributed by atoms with Crippen molar-refractivity contribution in [3.63, 3.8) is 0 Å². The fourth-order valence-electron chi connectivity index (χ4n) is 3.14. The number of β-lactam (4-membered cyclic amide) rings is 1. The third-order valence-corrected chi connectivity index (χ3v) is 5.76. The summed E-state index contributed by atoms with van der Waals surface area (Å²) in [4.78, 5) is 14.4. The lowest BCUT2D eigenvalue weighted by molar-refractivity contribution is -0.149. The van der Waals surface area contributed by atoms with Gasteiger partial charge < -0.3 is 10.2 Å². The van der Waals surface area contributed by atoms with E-state index in [9.17, 15) is 4.79 Å². The average Bonchev–Trinajstić information content (AvgIpc) is 3.03. The Hall–Kier alpha value is -1.15. The topological polar surface area (TPSA) is 86.8 Å². The van der Waals surface area contributed by atoms with E-state index >= 15 is 0 Å². The summed E-state index contributed by atoms with van der Waals surface area (Å²) in [5, 5.41) is 17.9. The van der Waals surface area contributed by atoms with E-state index in [1.807, 2.05) is 16.7 Å². The van der Waals surface area contributed by atoms with E-state index in [1.165, 1.54) is 12.8 Å². The smallest absolute Gasteiger partial charge is 0.244 e. The van der Waals surface area contributed by atoms with Crippen LogP contribution in [0.4, 0.5) is 0 Å². The first-order valence-electron chi connectivity index (χ1n) is 7.53. The van der Waals surface area contributed by atoms with Gasteiger partial charge in [0.2, 0.25) is 5.91 Å². The Labute approximate surface area is 128 Å². The molecule has 3 atom stereocenters. The largest absolute Gasteiger partial charge is 0.315 e. The van der Waals surface area contributed by atoms with Crippen molar-refractivity contribution in [1.82, 2.24) is 30.8 Å². The van der Waals surface area contributed by atoms with Crippen LogP contribution >= 0.6 is 11.8 Å². The lowest BCUT2D eigenvalue weighted by Crippen LogP contribution is -2.67. The number of carbonyl (C=O) groups is 1. The summed E-state index contributed by atoms with van der Waals surface area (Å²) in [5.74, 6) is 0.761. The SMILES string of the molecule is CCCCCNC1C(=O)N2C(c3nn[nH]n3)C(C)(C)S[C@H]12. The van der Waals surface area contributed by atoms with Crippen LogP contribution in [0.25, 0.3) is 0 Å². The van der Waals surface area contributed by atoms with Crippen LogP contribution in [0.1, 0.15) is 51.9 Å². The first-order chi connectivity index (χ1) is 10.1. The van der Waals surface area contributed by atoms with Crippen molar-refractivity contribution < 1.29 is 4.79 Å². The van der Waals surface area contributed by atoms with Crippen LogP contribution in [-0.4, -0.2) is 54.1 Å². The number of carbonyl (C=O) groups excluding carboxylic acids is 1. The Balaban J connectivity index is 1.68. The molecular weight excluding hydrogens is 288 g/mol. The van der Waals surface area contributed by atoms with Gasteiger partial charge in [0.15, 0.2) is 5.82 Å². The van der Waals surface area contributed by atoms with E-state index in [0.29, 0.717) is 5.82 Å². The summed E-state index contributed by atoms with van der Waals surface area (Å²) < 4.78 is -0.107. The monoisotopic (exact) mass is 310 g/mol. The van der Waals surface area contributed by atoms with Gasteiger partial charge in [-0.05, 0) is 26.8 Å². The standard InChI is InChI=1S/C13H22N6OS/c1-4-5-6-7-14-8-11(20)19-9(10-15-17-18-16-10)13(2,3)21-12(8)19/h8-9,12,14H,4-7H2,1-3H3,(H,15,16,17,18)/t8?,9?,12-/m1/s1. The van der Waals surface area contributed by atoms with Gasteiger partial charge in [0, 0.05) is 4.75 Å². The fourth-order valence-corrected chi connectivity index (χ4v) is 4.80. The van der Waals surface area contributed by atoms with Crippen LogP contribution in [0.5, 0.6) is 0 Å². The minimum atomic E-state index is -0.107. The van der Waals surface area contributed by atoms with E-state index in [1.54, 1.807) is 0 Å². The highest BCUT2D eigenvalue weighted by Crippen LogP contribution is 2.56. The number of nitrogens with zero attached hydrogens (tertiary/aromatic N) is 4. The number of unbranched alkanes of at least 4 members (excludes halogenated alkanes) is 2. The molecule has 0 radical (unpaired) electrons. The van der Waals surface area contributed by atoms with E-state index in [4.69, 9.17) is 0 Å². The van der Waals surface area contributed by atoms with Gasteiger partial charge >= 0.3 is 0 Å². The number of amides is 1. The summed E-state index contributed by atoms with van der Waals surface area (Å²) >= 11 is 1.82. The molecule has 1 aromatic rings. The van der Waals surface area contributed by atoms with E-state index in [-0.39, 0.29) is 28.1 Å². The molecule has 2 aliphatic heterocycles. The lowest BCUT2D eigenvalue weighted by Gasteiger charge is -2.44. The molecule has 1 aromatic heterocycles. The number of hydrogen-bond acceptors (Lipinski definition) is 6. The van der Waals surface area contributed by atoms with Crippen LogP contribution in [0.15, 0.2) is 0 Å². The summed E-state index contributed by atoms with van der Waals surface area (Å²) in [6, 6.07) is -0.171. The Morgan fingerprint density at radius 2 is 2.24 bits per heavy atom. The summed E-state index contributed by atoms with van der Waals surface area (Å²) in [7, 11) is 0. The Morgan fingerprint density at radius 1 is 1.43 bits per heavy atom. The van der Waals surface area contributed by atoms with Gasteiger partial charge in [0.1, 0.15) is 17.5 Å². The number of rotatable bonds is 6. The summed E-state index contributed by atoms with van der Waals surface area (Å²) in [5.41, 5.74) is 0. The molecule has 21 heavy (non-hydrogen) atoms. The van der Waals surface area contributed by atoms with Crippen molar-refractivity contribution in [2.24, 2.45) is 0 Å². The number of aromatic nitrogens is 4. The highest BCUT2D eigenvalue weighted by atomic mass is 32.2. The second kappa shape index (κ2) is 5.57. The number of hydrogen-bond donors (Lipinski definition) is 2. The molecule has 3 rings (SSSR count). The fraction of sp³-hybridized carbons (Fsp3) is 0.846. The predicted molar refractivity (Wildman–Crippen MR) is 80.5 cm³/mol. The van der Waals surface area contributed by atoms with Crippen molar-refractivity contribution in [2.45, 2.75) is 62.2 Å². The van der Waals surface area contributed by atoms with Gasteiger partial charge in [0.25, 0.3) is 0 Å². The zero-order chi connectivity index (χ0) is 15.0. The first kappa shape index (κ1) is 14.8. The van der Waals surface area contributed by atoms with Crippen molar-refractivity contribution >= 4 is 17.7 Å². The molecule has 1 amide bonds. The lowest BCUT2D eigenvalue weighted by atomic mass is 9.95. The molecule has 0 bridgehead atoms. The number of fused-ring (bicyclic) bond motifs is 1. The maximum atomic E-state index is 12.5. The molecule has 2 saturated heterocycles. The molecule has 116 valence electrons. The van der Waals surface area contributed by atoms with E-state index in [0.717, 1.165) is 13.0 Å². The van der Waals surface area contributed by atoms with Gasteiger partial charge in [-0.2, -0.15) is 5.21 Å².